The van der Waals surface area contributed by atoms with Crippen LogP contribution in [0.2, 0.25) is 0 Å². The second-order valence-corrected chi connectivity index (χ2v) is 16.5. The molecule has 10 nitrogen and oxygen atoms in total. The van der Waals surface area contributed by atoms with E-state index in [0.717, 1.165) is 107 Å². The van der Waals surface area contributed by atoms with Crippen LogP contribution < -0.4 is 14.4 Å². The molecule has 3 aromatic carbocycles. The van der Waals surface area contributed by atoms with E-state index in [1.807, 2.05) is 60.9 Å². The summed E-state index contributed by atoms with van der Waals surface area (Å²) in [7, 11) is 3.38. The third-order valence-electron chi connectivity index (χ3n) is 13.4. The monoisotopic (exact) mass is 782 g/mol. The third kappa shape index (κ3) is 7.48. The number of fused-ring (bicyclic) bond motifs is 8. The number of pyridine rings is 2. The van der Waals surface area contributed by atoms with E-state index in [9.17, 15) is 0 Å². The first-order chi connectivity index (χ1) is 28.4. The predicted octanol–water partition coefficient (Wildman–Crippen LogP) is 9.14. The Hall–Kier alpha value is -4.84. The van der Waals surface area contributed by atoms with Gasteiger partial charge in [0.15, 0.2) is 5.75 Å². The number of aromatic nitrogens is 2. The number of ether oxygens (including phenoxy) is 2. The molecule has 0 saturated carbocycles. The molecular formula is C48H54N4O6. The molecule has 8 heterocycles. The van der Waals surface area contributed by atoms with Crippen LogP contribution in [0.5, 0.6) is 17.2 Å². The average Bonchev–Trinajstić information content (AvgIpc) is 3.28. The van der Waals surface area contributed by atoms with Crippen LogP contribution in [0.1, 0.15) is 60.1 Å². The largest absolute Gasteiger partial charge is 0.497 e. The Labute approximate surface area is 341 Å². The molecule has 6 aliphatic heterocycles. The van der Waals surface area contributed by atoms with Gasteiger partial charge >= 0.3 is 0 Å². The molecular weight excluding hydrogens is 729 g/mol. The zero-order valence-corrected chi connectivity index (χ0v) is 33.8. The molecule has 5 aromatic rings. The standard InChI is InChI=1S/C48H54N4O6/c1-6-31-27-51-20-16-33(31)23-44(51)47(38-14-18-49-42-12-10-36(53-4)25-40(38)42)57-55-29-35-9-8-30(3)22-46(35)56-58-48(45-24-34-17-21-52(45)28-32(34)7-2)39-15-19-50-43-13-11-37(54-5)26-41(39)43/h6-15,18-19,22,25-26,31-34,44-45,47-48H,1-2,16-17,20-21,23-24,27-29H2,3-5H3/t31-,32-,33-,34-,44-,45-,47+,48+/m0/s1. The second kappa shape index (κ2) is 16.8. The zero-order valence-electron chi connectivity index (χ0n) is 33.8. The van der Waals surface area contributed by atoms with Gasteiger partial charge in [-0.25, -0.2) is 9.78 Å². The molecule has 6 saturated heterocycles. The van der Waals surface area contributed by atoms with E-state index in [4.69, 9.17) is 29.0 Å². The number of methoxy groups -OCH3 is 2. The fraction of sp³-hybridized carbons (Fsp3) is 0.417. The quantitative estimate of drug-likeness (QED) is 0.0582. The molecule has 0 amide bonds. The summed E-state index contributed by atoms with van der Waals surface area (Å²) in [5.41, 5.74) is 5.68. The molecule has 2 aromatic heterocycles. The molecule has 0 N–H and O–H groups in total. The predicted molar refractivity (Wildman–Crippen MR) is 224 cm³/mol. The van der Waals surface area contributed by atoms with E-state index < -0.39 is 6.10 Å². The van der Waals surface area contributed by atoms with E-state index in [1.165, 1.54) is 0 Å². The Balaban J connectivity index is 0.997. The van der Waals surface area contributed by atoms with Crippen molar-refractivity contribution >= 4 is 21.8 Å². The highest BCUT2D eigenvalue weighted by molar-refractivity contribution is 5.84. The van der Waals surface area contributed by atoms with Crippen molar-refractivity contribution in [1.82, 2.24) is 19.8 Å². The van der Waals surface area contributed by atoms with Gasteiger partial charge in [0.05, 0.1) is 25.3 Å². The Morgan fingerprint density at radius 1 is 0.707 bits per heavy atom. The first-order valence-electron chi connectivity index (χ1n) is 20.7. The lowest BCUT2D eigenvalue weighted by atomic mass is 9.73. The van der Waals surface area contributed by atoms with Crippen molar-refractivity contribution in [2.75, 3.05) is 40.4 Å². The molecule has 58 heavy (non-hydrogen) atoms. The molecule has 6 fully saturated rings. The van der Waals surface area contributed by atoms with Crippen LogP contribution in [0.3, 0.4) is 0 Å². The van der Waals surface area contributed by atoms with Gasteiger partial charge < -0.3 is 14.4 Å². The molecule has 4 bridgehead atoms. The van der Waals surface area contributed by atoms with Crippen molar-refractivity contribution < 1.29 is 29.0 Å². The van der Waals surface area contributed by atoms with E-state index in [-0.39, 0.29) is 24.8 Å². The Morgan fingerprint density at radius 2 is 1.26 bits per heavy atom. The van der Waals surface area contributed by atoms with Crippen LogP contribution in [0.4, 0.5) is 0 Å². The first-order valence-corrected chi connectivity index (χ1v) is 20.7. The fourth-order valence-electron chi connectivity index (χ4n) is 10.2. The summed E-state index contributed by atoms with van der Waals surface area (Å²) in [6.45, 7) is 14.5. The summed E-state index contributed by atoms with van der Waals surface area (Å²) in [6, 6.07) is 22.4. The van der Waals surface area contributed by atoms with Crippen LogP contribution in [-0.4, -0.2) is 72.3 Å². The van der Waals surface area contributed by atoms with Crippen molar-refractivity contribution in [3.05, 3.63) is 127 Å². The van der Waals surface area contributed by atoms with E-state index in [1.54, 1.807) is 14.2 Å². The summed E-state index contributed by atoms with van der Waals surface area (Å²) in [5, 5.41) is 1.98. The van der Waals surface area contributed by atoms with Gasteiger partial charge in [0.1, 0.15) is 30.3 Å². The number of nitrogens with zero attached hydrogens (tertiary/aromatic N) is 4. The van der Waals surface area contributed by atoms with Gasteiger partial charge in [-0.1, -0.05) is 24.3 Å². The summed E-state index contributed by atoms with van der Waals surface area (Å²) >= 11 is 0. The zero-order chi connectivity index (χ0) is 39.8. The maximum absolute atomic E-state index is 6.70. The van der Waals surface area contributed by atoms with Crippen molar-refractivity contribution in [2.45, 2.75) is 63.5 Å². The molecule has 0 radical (unpaired) electrons. The lowest BCUT2D eigenvalue weighted by molar-refractivity contribution is -0.349. The van der Waals surface area contributed by atoms with Crippen LogP contribution in [0.25, 0.3) is 21.8 Å². The smallest absolute Gasteiger partial charge is 0.171 e. The van der Waals surface area contributed by atoms with Crippen molar-refractivity contribution in [1.29, 1.82) is 0 Å². The van der Waals surface area contributed by atoms with E-state index >= 15 is 0 Å². The molecule has 11 rings (SSSR count). The van der Waals surface area contributed by atoms with Gasteiger partial charge in [0.2, 0.25) is 0 Å². The number of benzene rings is 3. The number of piperidine rings is 6. The molecule has 0 spiro atoms. The van der Waals surface area contributed by atoms with Crippen LogP contribution >= 0.6 is 0 Å². The number of hydrogen-bond donors (Lipinski definition) is 0. The maximum Gasteiger partial charge on any atom is 0.171 e. The highest BCUT2D eigenvalue weighted by Gasteiger charge is 2.45. The van der Waals surface area contributed by atoms with E-state index in [2.05, 4.69) is 70.2 Å². The molecule has 0 aliphatic carbocycles. The minimum Gasteiger partial charge on any atom is -0.497 e. The molecule has 10 atom stereocenters. The number of rotatable bonds is 15. The molecule has 302 valence electrons. The van der Waals surface area contributed by atoms with Gasteiger partial charge in [-0.2, -0.15) is 4.89 Å². The fourth-order valence-corrected chi connectivity index (χ4v) is 10.2. The summed E-state index contributed by atoms with van der Waals surface area (Å²) in [6.07, 6.45) is 11.5. The van der Waals surface area contributed by atoms with Gasteiger partial charge in [-0.05, 0) is 141 Å². The second-order valence-electron chi connectivity index (χ2n) is 16.5. The van der Waals surface area contributed by atoms with Gasteiger partial charge in [-0.15, -0.1) is 13.2 Å². The molecule has 6 aliphatic rings. The Kier molecular flexibility index (Phi) is 11.2. The van der Waals surface area contributed by atoms with Gasteiger partial charge in [-0.3, -0.25) is 19.8 Å². The van der Waals surface area contributed by atoms with Gasteiger partial charge in [0.25, 0.3) is 0 Å². The highest BCUT2D eigenvalue weighted by atomic mass is 17.2. The lowest BCUT2D eigenvalue weighted by Gasteiger charge is -2.51. The SMILES string of the molecule is C=C[C@H]1CN2CC[C@H]1C[C@H]2[C@H](OOCc1ccc(C)cc1OO[C@H](c1ccnc2ccc(OC)cc12)[C@@H]1C[C@@H]2CCN1C[C@@H]2C=C)c1ccnc2ccc(OC)cc12. The topological polar surface area (TPSA) is 87.6 Å². The van der Waals surface area contributed by atoms with Gasteiger partial charge in [0, 0.05) is 53.9 Å². The Bertz CT molecular complexity index is 2280. The lowest BCUT2D eigenvalue weighted by Crippen LogP contribution is -2.55. The number of hydrogen-bond acceptors (Lipinski definition) is 10. The van der Waals surface area contributed by atoms with Crippen LogP contribution in [-0.2, 0) is 21.3 Å². The minimum atomic E-state index is -0.395. The maximum atomic E-state index is 6.70. The highest BCUT2D eigenvalue weighted by Crippen LogP contribution is 2.46. The Morgan fingerprint density at radius 3 is 1.76 bits per heavy atom. The average molecular weight is 783 g/mol. The summed E-state index contributed by atoms with van der Waals surface area (Å²) < 4.78 is 11.3. The molecule has 2 unspecified atom stereocenters. The summed E-state index contributed by atoms with van der Waals surface area (Å²) in [5.74, 6) is 4.19. The van der Waals surface area contributed by atoms with E-state index in [0.29, 0.717) is 29.4 Å². The first kappa shape index (κ1) is 38.7. The number of aryl methyl sites for hydroxylation is 1. The van der Waals surface area contributed by atoms with Crippen molar-refractivity contribution in [3.8, 4) is 17.2 Å². The van der Waals surface area contributed by atoms with Crippen molar-refractivity contribution in [3.63, 3.8) is 0 Å². The van der Waals surface area contributed by atoms with Crippen LogP contribution in [0, 0.1) is 30.6 Å². The minimum absolute atomic E-state index is 0.107. The summed E-state index contributed by atoms with van der Waals surface area (Å²) in [4.78, 5) is 40.6. The third-order valence-corrected chi connectivity index (χ3v) is 13.4. The molecule has 10 heteroatoms. The van der Waals surface area contributed by atoms with Crippen LogP contribution in [0.15, 0.2) is 104 Å². The van der Waals surface area contributed by atoms with Crippen molar-refractivity contribution in [2.24, 2.45) is 23.7 Å². The normalized spacial score (nSPS) is 27.3.